The first-order chi connectivity index (χ1) is 12.2. The number of amides is 1. The van der Waals surface area contributed by atoms with Crippen molar-refractivity contribution in [1.82, 2.24) is 10.2 Å². The van der Waals surface area contributed by atoms with Gasteiger partial charge in [-0.3, -0.25) is 9.69 Å². The molecule has 25 heavy (non-hydrogen) atoms. The Kier molecular flexibility index (Phi) is 6.62. The Morgan fingerprint density at radius 3 is 2.48 bits per heavy atom. The number of hydrogen-bond donors (Lipinski definition) is 1. The van der Waals surface area contributed by atoms with Gasteiger partial charge in [0, 0.05) is 30.7 Å². The third-order valence-corrected chi connectivity index (χ3v) is 4.77. The molecular weight excluding hydrogens is 380 g/mol. The molecule has 0 saturated carbocycles. The fraction of sp³-hybridized carbons (Fsp3) is 0.350. The van der Waals surface area contributed by atoms with E-state index in [1.807, 2.05) is 24.3 Å². The first-order valence-corrected chi connectivity index (χ1v) is 9.37. The summed E-state index contributed by atoms with van der Waals surface area (Å²) < 4.78 is 6.37. The third kappa shape index (κ3) is 5.96. The van der Waals surface area contributed by atoms with Crippen molar-refractivity contribution in [3.8, 4) is 0 Å². The highest BCUT2D eigenvalue weighted by Crippen LogP contribution is 2.12. The summed E-state index contributed by atoms with van der Waals surface area (Å²) in [6, 6.07) is 16.3. The lowest BCUT2D eigenvalue weighted by molar-refractivity contribution is -0.120. The molecule has 0 unspecified atom stereocenters. The molecule has 0 atom stereocenters. The summed E-state index contributed by atoms with van der Waals surface area (Å²) in [6.45, 7) is 5.15. The minimum Gasteiger partial charge on any atom is -0.379 e. The number of nitrogens with zero attached hydrogens (tertiary/aromatic N) is 1. The van der Waals surface area contributed by atoms with Crippen LogP contribution in [0.25, 0.3) is 0 Å². The Labute approximate surface area is 157 Å². The van der Waals surface area contributed by atoms with E-state index in [9.17, 15) is 4.79 Å². The number of hydrogen-bond acceptors (Lipinski definition) is 3. The predicted molar refractivity (Wildman–Crippen MR) is 102 cm³/mol. The van der Waals surface area contributed by atoms with Gasteiger partial charge in [0.2, 0.25) is 5.91 Å². The lowest BCUT2D eigenvalue weighted by Gasteiger charge is -2.26. The van der Waals surface area contributed by atoms with Gasteiger partial charge < -0.3 is 10.1 Å². The van der Waals surface area contributed by atoms with Crippen LogP contribution in [0.1, 0.15) is 16.7 Å². The maximum atomic E-state index is 12.1. The number of nitrogens with one attached hydrogen (secondary N) is 1. The largest absolute Gasteiger partial charge is 0.379 e. The van der Waals surface area contributed by atoms with E-state index in [1.54, 1.807) is 0 Å². The summed E-state index contributed by atoms with van der Waals surface area (Å²) in [7, 11) is 0. The van der Waals surface area contributed by atoms with Crippen molar-refractivity contribution in [3.05, 3.63) is 69.7 Å². The van der Waals surface area contributed by atoms with Gasteiger partial charge in [0.05, 0.1) is 19.6 Å². The van der Waals surface area contributed by atoms with E-state index in [2.05, 4.69) is 50.4 Å². The summed E-state index contributed by atoms with van der Waals surface area (Å²) in [5.74, 6) is 0.0375. The zero-order valence-electron chi connectivity index (χ0n) is 14.2. The second-order valence-corrected chi connectivity index (χ2v) is 7.20. The van der Waals surface area contributed by atoms with Crippen LogP contribution >= 0.6 is 15.9 Å². The van der Waals surface area contributed by atoms with E-state index >= 15 is 0 Å². The van der Waals surface area contributed by atoms with Crippen LogP contribution in [0.15, 0.2) is 53.0 Å². The van der Waals surface area contributed by atoms with Crippen LogP contribution in [0.3, 0.4) is 0 Å². The SMILES string of the molecule is O=C(Cc1cccc(Br)c1)NCc1ccc(CN2CCOCC2)cc1. The highest BCUT2D eigenvalue weighted by Gasteiger charge is 2.10. The van der Waals surface area contributed by atoms with Crippen molar-refractivity contribution in [1.29, 1.82) is 0 Å². The molecule has 0 bridgehead atoms. The molecule has 5 heteroatoms. The molecule has 4 nitrogen and oxygen atoms in total. The molecule has 2 aromatic rings. The van der Waals surface area contributed by atoms with Gasteiger partial charge in [-0.15, -0.1) is 0 Å². The van der Waals surface area contributed by atoms with Crippen molar-refractivity contribution < 1.29 is 9.53 Å². The molecule has 1 amide bonds. The van der Waals surface area contributed by atoms with Crippen LogP contribution < -0.4 is 5.32 Å². The average Bonchev–Trinajstić information content (AvgIpc) is 2.62. The topological polar surface area (TPSA) is 41.6 Å². The Morgan fingerprint density at radius 1 is 1.04 bits per heavy atom. The quantitative estimate of drug-likeness (QED) is 0.806. The van der Waals surface area contributed by atoms with Gasteiger partial charge in [-0.1, -0.05) is 52.3 Å². The molecule has 3 rings (SSSR count). The van der Waals surface area contributed by atoms with E-state index in [-0.39, 0.29) is 5.91 Å². The Bertz CT molecular complexity index is 697. The van der Waals surface area contributed by atoms with Crippen LogP contribution in [0.5, 0.6) is 0 Å². The zero-order chi connectivity index (χ0) is 17.5. The maximum Gasteiger partial charge on any atom is 0.224 e. The summed E-state index contributed by atoms with van der Waals surface area (Å²) in [6.07, 6.45) is 0.397. The molecule has 0 radical (unpaired) electrons. The Morgan fingerprint density at radius 2 is 1.76 bits per heavy atom. The fourth-order valence-corrected chi connectivity index (χ4v) is 3.32. The molecule has 0 aromatic heterocycles. The van der Waals surface area contributed by atoms with Crippen LogP contribution in [0.2, 0.25) is 0 Å². The van der Waals surface area contributed by atoms with Crippen LogP contribution in [-0.2, 0) is 29.0 Å². The minimum absolute atomic E-state index is 0.0375. The second kappa shape index (κ2) is 9.13. The highest BCUT2D eigenvalue weighted by molar-refractivity contribution is 9.10. The molecule has 1 heterocycles. The first kappa shape index (κ1) is 18.1. The van der Waals surface area contributed by atoms with Crippen molar-refractivity contribution in [3.63, 3.8) is 0 Å². The molecule has 1 N–H and O–H groups in total. The van der Waals surface area contributed by atoms with Crippen molar-refractivity contribution in [2.75, 3.05) is 26.3 Å². The number of rotatable bonds is 6. The zero-order valence-corrected chi connectivity index (χ0v) is 15.8. The highest BCUT2D eigenvalue weighted by atomic mass is 79.9. The summed E-state index contributed by atoms with van der Waals surface area (Å²) in [5.41, 5.74) is 3.42. The van der Waals surface area contributed by atoms with E-state index in [0.29, 0.717) is 13.0 Å². The minimum atomic E-state index is 0.0375. The Hall–Kier alpha value is -1.69. The van der Waals surface area contributed by atoms with Gasteiger partial charge in [0.25, 0.3) is 0 Å². The Balaban J connectivity index is 1.45. The van der Waals surface area contributed by atoms with E-state index < -0.39 is 0 Å². The second-order valence-electron chi connectivity index (χ2n) is 6.29. The van der Waals surface area contributed by atoms with Gasteiger partial charge in [-0.05, 0) is 28.8 Å². The predicted octanol–water partition coefficient (Wildman–Crippen LogP) is 3.14. The van der Waals surface area contributed by atoms with Crippen LogP contribution in [0, 0.1) is 0 Å². The standard InChI is InChI=1S/C20H23BrN2O2/c21-19-3-1-2-18(12-19)13-20(24)22-14-16-4-6-17(7-5-16)15-23-8-10-25-11-9-23/h1-7,12H,8-11,13-15H2,(H,22,24). The molecule has 1 fully saturated rings. The molecule has 2 aromatic carbocycles. The lowest BCUT2D eigenvalue weighted by atomic mass is 10.1. The number of halogens is 1. The van der Waals surface area contributed by atoms with Gasteiger partial charge in [0.1, 0.15) is 0 Å². The summed E-state index contributed by atoms with van der Waals surface area (Å²) in [5, 5.41) is 2.99. The molecule has 1 aliphatic heterocycles. The van der Waals surface area contributed by atoms with Gasteiger partial charge in [-0.25, -0.2) is 0 Å². The summed E-state index contributed by atoms with van der Waals surface area (Å²) >= 11 is 3.43. The van der Waals surface area contributed by atoms with Gasteiger partial charge >= 0.3 is 0 Å². The average molecular weight is 403 g/mol. The van der Waals surface area contributed by atoms with Crippen molar-refractivity contribution >= 4 is 21.8 Å². The molecule has 1 saturated heterocycles. The smallest absolute Gasteiger partial charge is 0.224 e. The number of carbonyl (C=O) groups excluding carboxylic acids is 1. The monoisotopic (exact) mass is 402 g/mol. The van der Waals surface area contributed by atoms with Crippen LogP contribution in [-0.4, -0.2) is 37.1 Å². The molecular formula is C20H23BrN2O2. The van der Waals surface area contributed by atoms with Crippen molar-refractivity contribution in [2.24, 2.45) is 0 Å². The molecule has 0 aliphatic carbocycles. The van der Waals surface area contributed by atoms with Gasteiger partial charge in [0.15, 0.2) is 0 Å². The van der Waals surface area contributed by atoms with Crippen molar-refractivity contribution in [2.45, 2.75) is 19.5 Å². The number of benzene rings is 2. The summed E-state index contributed by atoms with van der Waals surface area (Å²) in [4.78, 5) is 14.5. The molecule has 132 valence electrons. The molecule has 1 aliphatic rings. The van der Waals surface area contributed by atoms with Gasteiger partial charge in [-0.2, -0.15) is 0 Å². The normalized spacial score (nSPS) is 15.1. The first-order valence-electron chi connectivity index (χ1n) is 8.58. The number of ether oxygens (including phenoxy) is 1. The van der Waals surface area contributed by atoms with E-state index in [0.717, 1.165) is 48.4 Å². The number of morpholine rings is 1. The third-order valence-electron chi connectivity index (χ3n) is 4.28. The van der Waals surface area contributed by atoms with E-state index in [1.165, 1.54) is 5.56 Å². The number of carbonyl (C=O) groups is 1. The van der Waals surface area contributed by atoms with E-state index in [4.69, 9.17) is 4.74 Å². The lowest BCUT2D eigenvalue weighted by Crippen LogP contribution is -2.35. The van der Waals surface area contributed by atoms with Crippen LogP contribution in [0.4, 0.5) is 0 Å². The fourth-order valence-electron chi connectivity index (χ4n) is 2.88. The molecule has 0 spiro atoms. The maximum absolute atomic E-state index is 12.1.